The van der Waals surface area contributed by atoms with Gasteiger partial charge in [0.15, 0.2) is 0 Å². The number of rotatable bonds is 2. The summed E-state index contributed by atoms with van der Waals surface area (Å²) in [5.74, 6) is -0.867. The molecule has 0 aromatic carbocycles. The summed E-state index contributed by atoms with van der Waals surface area (Å²) in [5.41, 5.74) is 0.865. The Morgan fingerprint density at radius 3 is 2.75 bits per heavy atom. The number of halogens is 1. The predicted octanol–water partition coefficient (Wildman–Crippen LogP) is 1.44. The van der Waals surface area contributed by atoms with Crippen LogP contribution < -0.4 is 0 Å². The van der Waals surface area contributed by atoms with Crippen LogP contribution in [0.15, 0.2) is 6.20 Å². The van der Waals surface area contributed by atoms with E-state index < -0.39 is 12.0 Å². The van der Waals surface area contributed by atoms with Crippen LogP contribution in [0.2, 0.25) is 0 Å². The van der Waals surface area contributed by atoms with Crippen LogP contribution >= 0.6 is 22.6 Å². The van der Waals surface area contributed by atoms with Gasteiger partial charge in [0.2, 0.25) is 0 Å². The van der Waals surface area contributed by atoms with Crippen molar-refractivity contribution < 1.29 is 9.90 Å². The normalized spacial score (nSPS) is 12.9. The summed E-state index contributed by atoms with van der Waals surface area (Å²) >= 11 is 2.13. The minimum absolute atomic E-state index is 0.591. The molecule has 0 unspecified atom stereocenters. The van der Waals surface area contributed by atoms with Crippen LogP contribution in [0.4, 0.5) is 0 Å². The molecule has 1 heterocycles. The number of carboxylic acid groups (broad SMARTS) is 1. The second-order valence-electron chi connectivity index (χ2n) is 2.56. The standard InChI is InChI=1S/C7H9IN2O2/c1-4-6(8)3-10(9-4)5(2)7(11)12/h3,5H,1-2H3,(H,11,12)/t5-/m1/s1. The Morgan fingerprint density at radius 2 is 2.42 bits per heavy atom. The number of aliphatic carboxylic acids is 1. The molecule has 1 rings (SSSR count). The monoisotopic (exact) mass is 280 g/mol. The van der Waals surface area contributed by atoms with E-state index in [2.05, 4.69) is 27.7 Å². The fraction of sp³-hybridized carbons (Fsp3) is 0.429. The van der Waals surface area contributed by atoms with Crippen molar-refractivity contribution >= 4 is 28.6 Å². The van der Waals surface area contributed by atoms with Crippen LogP contribution in [0.5, 0.6) is 0 Å². The largest absolute Gasteiger partial charge is 0.480 e. The van der Waals surface area contributed by atoms with E-state index in [4.69, 9.17) is 5.11 Å². The van der Waals surface area contributed by atoms with Crippen molar-refractivity contribution in [2.45, 2.75) is 19.9 Å². The minimum Gasteiger partial charge on any atom is -0.480 e. The Morgan fingerprint density at radius 1 is 1.83 bits per heavy atom. The van der Waals surface area contributed by atoms with Crippen molar-refractivity contribution in [2.75, 3.05) is 0 Å². The smallest absolute Gasteiger partial charge is 0.328 e. The molecule has 0 aliphatic heterocycles. The highest BCUT2D eigenvalue weighted by Crippen LogP contribution is 2.12. The molecule has 4 nitrogen and oxygen atoms in total. The van der Waals surface area contributed by atoms with Gasteiger partial charge < -0.3 is 5.11 Å². The summed E-state index contributed by atoms with van der Waals surface area (Å²) in [7, 11) is 0. The minimum atomic E-state index is -0.867. The maximum absolute atomic E-state index is 10.6. The number of hydrogen-bond donors (Lipinski definition) is 1. The van der Waals surface area contributed by atoms with E-state index in [0.29, 0.717) is 0 Å². The summed E-state index contributed by atoms with van der Waals surface area (Å²) in [6, 6.07) is -0.591. The predicted molar refractivity (Wildman–Crippen MR) is 52.0 cm³/mol. The quantitative estimate of drug-likeness (QED) is 0.834. The zero-order valence-electron chi connectivity index (χ0n) is 6.78. The maximum Gasteiger partial charge on any atom is 0.328 e. The highest BCUT2D eigenvalue weighted by Gasteiger charge is 2.14. The van der Waals surface area contributed by atoms with Gasteiger partial charge in [-0.15, -0.1) is 0 Å². The number of nitrogens with zero attached hydrogens (tertiary/aromatic N) is 2. The molecule has 66 valence electrons. The molecule has 0 amide bonds. The zero-order valence-corrected chi connectivity index (χ0v) is 8.94. The third kappa shape index (κ3) is 1.77. The molecular formula is C7H9IN2O2. The van der Waals surface area contributed by atoms with Crippen LogP contribution in [0.3, 0.4) is 0 Å². The van der Waals surface area contributed by atoms with Crippen molar-refractivity contribution in [1.82, 2.24) is 9.78 Å². The van der Waals surface area contributed by atoms with Gasteiger partial charge in [-0.1, -0.05) is 0 Å². The second kappa shape index (κ2) is 3.42. The molecule has 0 fully saturated rings. The second-order valence-corrected chi connectivity index (χ2v) is 3.72. The lowest BCUT2D eigenvalue weighted by Crippen LogP contribution is -2.15. The van der Waals surface area contributed by atoms with Crippen molar-refractivity contribution in [3.63, 3.8) is 0 Å². The topological polar surface area (TPSA) is 55.1 Å². The SMILES string of the molecule is Cc1nn([C@H](C)C(=O)O)cc1I. The van der Waals surface area contributed by atoms with E-state index in [-0.39, 0.29) is 0 Å². The Kier molecular flexibility index (Phi) is 2.71. The van der Waals surface area contributed by atoms with Crippen molar-refractivity contribution in [1.29, 1.82) is 0 Å². The highest BCUT2D eigenvalue weighted by atomic mass is 127. The summed E-state index contributed by atoms with van der Waals surface area (Å²) in [6.45, 7) is 3.46. The molecule has 0 saturated heterocycles. The number of hydrogen-bond acceptors (Lipinski definition) is 2. The Bertz CT molecular complexity index is 289. The number of aryl methyl sites for hydroxylation is 1. The molecule has 0 radical (unpaired) electrons. The third-order valence-corrected chi connectivity index (χ3v) is 2.67. The fourth-order valence-electron chi connectivity index (χ4n) is 0.771. The summed E-state index contributed by atoms with van der Waals surface area (Å²) < 4.78 is 2.44. The molecule has 0 spiro atoms. The molecule has 0 saturated carbocycles. The van der Waals surface area contributed by atoms with E-state index in [1.54, 1.807) is 13.1 Å². The van der Waals surface area contributed by atoms with E-state index in [1.807, 2.05) is 6.92 Å². The first-order chi connectivity index (χ1) is 5.52. The molecule has 0 aliphatic carbocycles. The van der Waals surface area contributed by atoms with Gasteiger partial charge >= 0.3 is 5.97 Å². The Balaban J connectivity index is 2.96. The maximum atomic E-state index is 10.6. The fourth-order valence-corrected chi connectivity index (χ4v) is 1.16. The van der Waals surface area contributed by atoms with E-state index in [9.17, 15) is 4.79 Å². The van der Waals surface area contributed by atoms with Crippen LogP contribution in [0, 0.1) is 10.5 Å². The van der Waals surface area contributed by atoms with Gasteiger partial charge in [-0.3, -0.25) is 4.68 Å². The Labute approximate surface area is 83.7 Å². The molecule has 1 aromatic rings. The van der Waals surface area contributed by atoms with Crippen LogP contribution in [0.1, 0.15) is 18.7 Å². The van der Waals surface area contributed by atoms with E-state index in [0.717, 1.165) is 9.26 Å². The highest BCUT2D eigenvalue weighted by molar-refractivity contribution is 14.1. The van der Waals surface area contributed by atoms with Crippen LogP contribution in [-0.2, 0) is 4.79 Å². The van der Waals surface area contributed by atoms with Gasteiger partial charge in [-0.2, -0.15) is 5.10 Å². The lowest BCUT2D eigenvalue weighted by Gasteiger charge is -2.04. The van der Waals surface area contributed by atoms with Crippen LogP contribution in [0.25, 0.3) is 0 Å². The van der Waals surface area contributed by atoms with Gasteiger partial charge in [0.25, 0.3) is 0 Å². The van der Waals surface area contributed by atoms with Crippen molar-refractivity contribution in [3.8, 4) is 0 Å². The number of carboxylic acids is 1. The van der Waals surface area contributed by atoms with Gasteiger partial charge in [0.1, 0.15) is 6.04 Å². The molecule has 12 heavy (non-hydrogen) atoms. The Hall–Kier alpha value is -0.590. The van der Waals surface area contributed by atoms with Gasteiger partial charge in [-0.25, -0.2) is 4.79 Å². The first-order valence-corrected chi connectivity index (χ1v) is 4.54. The summed E-state index contributed by atoms with van der Waals surface area (Å²) in [6.07, 6.45) is 1.73. The van der Waals surface area contributed by atoms with Gasteiger partial charge in [-0.05, 0) is 36.4 Å². The van der Waals surface area contributed by atoms with E-state index >= 15 is 0 Å². The van der Waals surface area contributed by atoms with Crippen molar-refractivity contribution in [3.05, 3.63) is 15.5 Å². The van der Waals surface area contributed by atoms with Crippen LogP contribution in [-0.4, -0.2) is 20.9 Å². The average Bonchev–Trinajstić information content (AvgIpc) is 2.30. The lowest BCUT2D eigenvalue weighted by atomic mass is 10.4. The molecule has 1 N–H and O–H groups in total. The first-order valence-electron chi connectivity index (χ1n) is 3.46. The third-order valence-electron chi connectivity index (χ3n) is 1.61. The average molecular weight is 280 g/mol. The van der Waals surface area contributed by atoms with Gasteiger partial charge in [0, 0.05) is 6.20 Å². The van der Waals surface area contributed by atoms with Gasteiger partial charge in [0.05, 0.1) is 9.26 Å². The molecule has 0 bridgehead atoms. The molecule has 1 atom stereocenters. The summed E-state index contributed by atoms with van der Waals surface area (Å²) in [4.78, 5) is 10.6. The summed E-state index contributed by atoms with van der Waals surface area (Å²) in [5, 5.41) is 12.7. The molecule has 1 aromatic heterocycles. The van der Waals surface area contributed by atoms with E-state index in [1.165, 1.54) is 4.68 Å². The number of carbonyl (C=O) groups is 1. The first kappa shape index (κ1) is 9.50. The molecular weight excluding hydrogens is 271 g/mol. The zero-order chi connectivity index (χ0) is 9.30. The molecule has 5 heteroatoms. The van der Waals surface area contributed by atoms with Crippen molar-refractivity contribution in [2.24, 2.45) is 0 Å². The molecule has 0 aliphatic rings. The lowest BCUT2D eigenvalue weighted by molar-refractivity contribution is -0.140. The number of aromatic nitrogens is 2.